The van der Waals surface area contributed by atoms with Gasteiger partial charge in [0, 0.05) is 0 Å². The van der Waals surface area contributed by atoms with Crippen LogP contribution in [-0.4, -0.2) is 10.7 Å². The molecule has 2 aliphatic rings. The number of unbranched alkanes of at least 4 members (excludes halogenated alkanes) is 1. The minimum Gasteiger partial charge on any atom is -0.390 e. The van der Waals surface area contributed by atoms with Crippen LogP contribution >= 0.6 is 0 Å². The molecule has 0 aromatic carbocycles. The first kappa shape index (κ1) is 9.51. The van der Waals surface area contributed by atoms with Gasteiger partial charge in [-0.25, -0.2) is 0 Å². The largest absolute Gasteiger partial charge is 0.390 e. The molecule has 13 heavy (non-hydrogen) atoms. The zero-order valence-corrected chi connectivity index (χ0v) is 8.81. The smallest absolute Gasteiger partial charge is 0.0648 e. The Bertz CT molecular complexity index is 172. The molecule has 0 aromatic rings. The summed E-state index contributed by atoms with van der Waals surface area (Å²) in [6, 6.07) is 0. The Hall–Kier alpha value is -0.0400. The van der Waals surface area contributed by atoms with Crippen LogP contribution in [0.15, 0.2) is 0 Å². The summed E-state index contributed by atoms with van der Waals surface area (Å²) >= 11 is 0. The van der Waals surface area contributed by atoms with E-state index in [4.69, 9.17) is 0 Å². The predicted octanol–water partition coefficient (Wildman–Crippen LogP) is 3.26. The summed E-state index contributed by atoms with van der Waals surface area (Å²) in [5.74, 6) is 0. The molecule has 1 spiro atoms. The van der Waals surface area contributed by atoms with Crippen molar-refractivity contribution < 1.29 is 5.11 Å². The van der Waals surface area contributed by atoms with Crippen LogP contribution in [0.1, 0.15) is 64.7 Å². The van der Waals surface area contributed by atoms with Crippen molar-refractivity contribution >= 4 is 0 Å². The third kappa shape index (κ3) is 2.07. The molecule has 2 aliphatic carbocycles. The van der Waals surface area contributed by atoms with E-state index in [1.54, 1.807) is 0 Å². The molecular formula is C12H22O. The van der Waals surface area contributed by atoms with E-state index in [9.17, 15) is 5.11 Å². The molecule has 1 N–H and O–H groups in total. The molecule has 0 unspecified atom stereocenters. The SMILES string of the molecule is CCCCC1(O)CCC2(CC1)CC2. The highest BCUT2D eigenvalue weighted by molar-refractivity contribution is 5.00. The highest BCUT2D eigenvalue weighted by atomic mass is 16.3. The second kappa shape index (κ2) is 3.27. The monoisotopic (exact) mass is 182 g/mol. The van der Waals surface area contributed by atoms with Crippen LogP contribution in [-0.2, 0) is 0 Å². The molecule has 0 saturated heterocycles. The van der Waals surface area contributed by atoms with Crippen molar-refractivity contribution in [2.24, 2.45) is 5.41 Å². The average molecular weight is 182 g/mol. The molecule has 0 bridgehead atoms. The van der Waals surface area contributed by atoms with Gasteiger partial charge in [-0.1, -0.05) is 19.8 Å². The van der Waals surface area contributed by atoms with Gasteiger partial charge in [0.25, 0.3) is 0 Å². The summed E-state index contributed by atoms with van der Waals surface area (Å²) in [4.78, 5) is 0. The Morgan fingerprint density at radius 1 is 1.00 bits per heavy atom. The summed E-state index contributed by atoms with van der Waals surface area (Å²) in [6.45, 7) is 2.20. The Morgan fingerprint density at radius 3 is 2.00 bits per heavy atom. The third-order valence-corrected chi connectivity index (χ3v) is 4.19. The van der Waals surface area contributed by atoms with Crippen LogP contribution in [0.2, 0.25) is 0 Å². The Labute approximate surface area is 81.5 Å². The molecule has 1 nitrogen and oxygen atoms in total. The molecule has 1 heteroatoms. The van der Waals surface area contributed by atoms with Crippen molar-refractivity contribution in [3.63, 3.8) is 0 Å². The summed E-state index contributed by atoms with van der Waals surface area (Å²) in [6.07, 6.45) is 11.1. The fourth-order valence-electron chi connectivity index (χ4n) is 2.68. The maximum absolute atomic E-state index is 10.3. The van der Waals surface area contributed by atoms with E-state index in [-0.39, 0.29) is 5.60 Å². The van der Waals surface area contributed by atoms with Gasteiger partial charge in [0.1, 0.15) is 0 Å². The quantitative estimate of drug-likeness (QED) is 0.710. The molecule has 0 heterocycles. The summed E-state index contributed by atoms with van der Waals surface area (Å²) in [5, 5.41) is 10.3. The van der Waals surface area contributed by atoms with Crippen LogP contribution < -0.4 is 0 Å². The molecule has 76 valence electrons. The van der Waals surface area contributed by atoms with Crippen LogP contribution in [0, 0.1) is 5.41 Å². The van der Waals surface area contributed by atoms with Crippen LogP contribution in [0.3, 0.4) is 0 Å². The van der Waals surface area contributed by atoms with Gasteiger partial charge >= 0.3 is 0 Å². The number of aliphatic hydroxyl groups is 1. The molecule has 2 saturated carbocycles. The van der Waals surface area contributed by atoms with E-state index in [1.807, 2.05) is 0 Å². The van der Waals surface area contributed by atoms with Gasteiger partial charge in [-0.15, -0.1) is 0 Å². The normalized spacial score (nSPS) is 29.1. The minimum absolute atomic E-state index is 0.274. The van der Waals surface area contributed by atoms with Crippen molar-refractivity contribution in [3.8, 4) is 0 Å². The maximum Gasteiger partial charge on any atom is 0.0648 e. The Morgan fingerprint density at radius 2 is 1.54 bits per heavy atom. The van der Waals surface area contributed by atoms with E-state index in [0.717, 1.165) is 24.7 Å². The topological polar surface area (TPSA) is 20.2 Å². The molecule has 0 aromatic heterocycles. The van der Waals surface area contributed by atoms with Gasteiger partial charge in [-0.05, 0) is 50.4 Å². The maximum atomic E-state index is 10.3. The molecule has 0 amide bonds. The summed E-state index contributed by atoms with van der Waals surface area (Å²) in [7, 11) is 0. The van der Waals surface area contributed by atoms with E-state index in [1.165, 1.54) is 38.5 Å². The van der Waals surface area contributed by atoms with Crippen molar-refractivity contribution in [1.29, 1.82) is 0 Å². The van der Waals surface area contributed by atoms with E-state index in [2.05, 4.69) is 6.92 Å². The predicted molar refractivity (Wildman–Crippen MR) is 54.6 cm³/mol. The zero-order chi connectivity index (χ0) is 9.36. The Kier molecular flexibility index (Phi) is 2.39. The second-order valence-corrected chi connectivity index (χ2v) is 5.33. The first-order valence-corrected chi connectivity index (χ1v) is 5.91. The van der Waals surface area contributed by atoms with Crippen LogP contribution in [0.4, 0.5) is 0 Å². The fourth-order valence-corrected chi connectivity index (χ4v) is 2.68. The number of hydrogen-bond acceptors (Lipinski definition) is 1. The van der Waals surface area contributed by atoms with Gasteiger partial charge < -0.3 is 5.11 Å². The molecule has 0 aliphatic heterocycles. The number of hydrogen-bond donors (Lipinski definition) is 1. The van der Waals surface area contributed by atoms with E-state index >= 15 is 0 Å². The average Bonchev–Trinajstić information content (AvgIpc) is 2.89. The zero-order valence-electron chi connectivity index (χ0n) is 8.81. The second-order valence-electron chi connectivity index (χ2n) is 5.33. The van der Waals surface area contributed by atoms with E-state index < -0.39 is 0 Å². The van der Waals surface area contributed by atoms with E-state index in [0.29, 0.717) is 0 Å². The van der Waals surface area contributed by atoms with Crippen molar-refractivity contribution in [2.45, 2.75) is 70.3 Å². The van der Waals surface area contributed by atoms with Gasteiger partial charge in [0.05, 0.1) is 5.60 Å². The third-order valence-electron chi connectivity index (χ3n) is 4.19. The first-order valence-electron chi connectivity index (χ1n) is 5.91. The summed E-state index contributed by atoms with van der Waals surface area (Å²) < 4.78 is 0. The lowest BCUT2D eigenvalue weighted by Gasteiger charge is -2.36. The van der Waals surface area contributed by atoms with Crippen LogP contribution in [0.5, 0.6) is 0 Å². The van der Waals surface area contributed by atoms with Crippen molar-refractivity contribution in [1.82, 2.24) is 0 Å². The van der Waals surface area contributed by atoms with Gasteiger partial charge in [0.15, 0.2) is 0 Å². The van der Waals surface area contributed by atoms with Crippen LogP contribution in [0.25, 0.3) is 0 Å². The molecular weight excluding hydrogens is 160 g/mol. The Balaban J connectivity index is 1.81. The molecule has 2 rings (SSSR count). The highest BCUT2D eigenvalue weighted by Crippen LogP contribution is 2.58. The standard InChI is InChI=1S/C12H22O/c1-2-3-4-12(13)9-7-11(5-6-11)8-10-12/h13H,2-10H2,1H3. The van der Waals surface area contributed by atoms with Gasteiger partial charge in [0.2, 0.25) is 0 Å². The fraction of sp³-hybridized carbons (Fsp3) is 1.00. The van der Waals surface area contributed by atoms with Gasteiger partial charge in [-0.2, -0.15) is 0 Å². The number of rotatable bonds is 3. The first-order chi connectivity index (χ1) is 6.18. The van der Waals surface area contributed by atoms with Crippen molar-refractivity contribution in [2.75, 3.05) is 0 Å². The van der Waals surface area contributed by atoms with Gasteiger partial charge in [-0.3, -0.25) is 0 Å². The minimum atomic E-state index is -0.274. The molecule has 0 atom stereocenters. The summed E-state index contributed by atoms with van der Waals surface area (Å²) in [5.41, 5.74) is 0.447. The lowest BCUT2D eigenvalue weighted by molar-refractivity contribution is -0.0222. The molecule has 2 fully saturated rings. The molecule has 0 radical (unpaired) electrons. The van der Waals surface area contributed by atoms with Crippen molar-refractivity contribution in [3.05, 3.63) is 0 Å². The lowest BCUT2D eigenvalue weighted by atomic mass is 9.75. The lowest BCUT2D eigenvalue weighted by Crippen LogP contribution is -2.34. The highest BCUT2D eigenvalue weighted by Gasteiger charge is 2.48.